The lowest BCUT2D eigenvalue weighted by molar-refractivity contribution is -0.123. The van der Waals surface area contributed by atoms with Gasteiger partial charge in [-0.1, -0.05) is 12.1 Å². The van der Waals surface area contributed by atoms with E-state index in [1.54, 1.807) is 10.9 Å². The van der Waals surface area contributed by atoms with Gasteiger partial charge in [0, 0.05) is 25.8 Å². The Labute approximate surface area is 112 Å². The number of amides is 1. The summed E-state index contributed by atoms with van der Waals surface area (Å²) < 4.78 is 6.83. The summed E-state index contributed by atoms with van der Waals surface area (Å²) in [5, 5.41) is 14.1. The second-order valence-corrected chi connectivity index (χ2v) is 4.64. The highest BCUT2D eigenvalue weighted by Crippen LogP contribution is 2.06. The summed E-state index contributed by atoms with van der Waals surface area (Å²) in [6.07, 6.45) is 3.57. The Kier molecular flexibility index (Phi) is 5.29. The molecule has 0 unspecified atom stereocenters. The fourth-order valence-corrected chi connectivity index (χ4v) is 2.01. The first-order chi connectivity index (χ1) is 9.28. The molecule has 2 N–H and O–H groups in total. The molecule has 7 heteroatoms. The second kappa shape index (κ2) is 7.20. The topological polar surface area (TPSA) is 81.1 Å². The average Bonchev–Trinajstić information content (AvgIpc) is 2.85. The van der Waals surface area contributed by atoms with Crippen molar-refractivity contribution in [2.45, 2.75) is 38.9 Å². The van der Waals surface area contributed by atoms with Gasteiger partial charge in [-0.15, -0.1) is 5.10 Å². The lowest BCUT2D eigenvalue weighted by Gasteiger charge is -2.22. The number of carbonyl (C=O) groups is 1. The van der Waals surface area contributed by atoms with E-state index in [1.807, 2.05) is 6.92 Å². The molecule has 0 aliphatic carbocycles. The number of hydrogen-bond acceptors (Lipinski definition) is 5. The minimum atomic E-state index is -0.0215. The molecule has 1 aromatic rings. The average molecular weight is 267 g/mol. The summed E-state index contributed by atoms with van der Waals surface area (Å²) in [5.74, 6) is -0.0215. The van der Waals surface area contributed by atoms with E-state index in [9.17, 15) is 4.79 Å². The first-order valence-corrected chi connectivity index (χ1v) is 6.74. The highest BCUT2D eigenvalue weighted by molar-refractivity contribution is 5.75. The molecule has 2 rings (SSSR count). The molecule has 1 aliphatic rings. The SMILES string of the molecule is CCNCc1cn(CC(=O)NC2CCOCC2)nn1. The van der Waals surface area contributed by atoms with Gasteiger partial charge in [-0.3, -0.25) is 4.79 Å². The maximum absolute atomic E-state index is 11.8. The van der Waals surface area contributed by atoms with E-state index in [-0.39, 0.29) is 18.5 Å². The van der Waals surface area contributed by atoms with Crippen LogP contribution < -0.4 is 10.6 Å². The molecule has 1 amide bonds. The molecule has 7 nitrogen and oxygen atoms in total. The van der Waals surface area contributed by atoms with E-state index in [1.165, 1.54) is 0 Å². The third-order valence-electron chi connectivity index (χ3n) is 3.03. The van der Waals surface area contributed by atoms with E-state index in [2.05, 4.69) is 20.9 Å². The third kappa shape index (κ3) is 4.60. The molecule has 0 bridgehead atoms. The van der Waals surface area contributed by atoms with Crippen LogP contribution in [0.15, 0.2) is 6.20 Å². The maximum atomic E-state index is 11.8. The Morgan fingerprint density at radius 1 is 1.53 bits per heavy atom. The standard InChI is InChI=1S/C12H21N5O2/c1-2-13-7-11-8-17(16-15-11)9-12(18)14-10-3-5-19-6-4-10/h8,10,13H,2-7,9H2,1H3,(H,14,18). The number of nitrogens with zero attached hydrogens (tertiary/aromatic N) is 3. The minimum absolute atomic E-state index is 0.0215. The van der Waals surface area contributed by atoms with Gasteiger partial charge in [-0.2, -0.15) is 0 Å². The number of rotatable bonds is 6. The van der Waals surface area contributed by atoms with Gasteiger partial charge in [0.15, 0.2) is 0 Å². The van der Waals surface area contributed by atoms with E-state index in [0.717, 1.165) is 38.3 Å². The Bertz CT molecular complexity index is 401. The van der Waals surface area contributed by atoms with Gasteiger partial charge >= 0.3 is 0 Å². The van der Waals surface area contributed by atoms with Crippen LogP contribution in [0.25, 0.3) is 0 Å². The lowest BCUT2D eigenvalue weighted by atomic mass is 10.1. The van der Waals surface area contributed by atoms with Crippen molar-refractivity contribution >= 4 is 5.91 Å². The molecule has 0 radical (unpaired) electrons. The summed E-state index contributed by atoms with van der Waals surface area (Å²) in [6, 6.07) is 0.228. The van der Waals surface area contributed by atoms with Crippen LogP contribution in [0, 0.1) is 0 Å². The summed E-state index contributed by atoms with van der Waals surface area (Å²) in [6.45, 7) is 5.26. The first kappa shape index (κ1) is 14.0. The second-order valence-electron chi connectivity index (χ2n) is 4.64. The van der Waals surface area contributed by atoms with Gasteiger partial charge in [0.05, 0.1) is 11.9 Å². The number of aromatic nitrogens is 3. The molecule has 0 atom stereocenters. The smallest absolute Gasteiger partial charge is 0.242 e. The van der Waals surface area contributed by atoms with Crippen LogP contribution in [-0.4, -0.2) is 46.7 Å². The van der Waals surface area contributed by atoms with Crippen LogP contribution in [-0.2, 0) is 22.6 Å². The Balaban J connectivity index is 1.76. The van der Waals surface area contributed by atoms with Gasteiger partial charge in [0.1, 0.15) is 6.54 Å². The molecule has 1 saturated heterocycles. The molecular weight excluding hydrogens is 246 g/mol. The molecule has 0 saturated carbocycles. The summed E-state index contributed by atoms with van der Waals surface area (Å²) in [5.41, 5.74) is 0.848. The van der Waals surface area contributed by atoms with Crippen molar-refractivity contribution < 1.29 is 9.53 Å². The molecule has 1 aliphatic heterocycles. The summed E-state index contributed by atoms with van der Waals surface area (Å²) >= 11 is 0. The predicted octanol–water partition coefficient (Wildman–Crippen LogP) is -0.317. The van der Waals surface area contributed by atoms with Crippen LogP contribution in [0.5, 0.6) is 0 Å². The van der Waals surface area contributed by atoms with Crippen molar-refractivity contribution in [3.63, 3.8) is 0 Å². The summed E-state index contributed by atoms with van der Waals surface area (Å²) in [4.78, 5) is 11.8. The van der Waals surface area contributed by atoms with Crippen LogP contribution in [0.4, 0.5) is 0 Å². The first-order valence-electron chi connectivity index (χ1n) is 6.74. The zero-order chi connectivity index (χ0) is 13.5. The van der Waals surface area contributed by atoms with E-state index in [0.29, 0.717) is 6.54 Å². The normalized spacial score (nSPS) is 16.5. The number of hydrogen-bond donors (Lipinski definition) is 2. The van der Waals surface area contributed by atoms with Crippen molar-refractivity contribution in [2.24, 2.45) is 0 Å². The Morgan fingerprint density at radius 2 is 2.32 bits per heavy atom. The van der Waals surface area contributed by atoms with Crippen LogP contribution in [0.3, 0.4) is 0 Å². The maximum Gasteiger partial charge on any atom is 0.242 e. The number of ether oxygens (including phenoxy) is 1. The van der Waals surface area contributed by atoms with Crippen molar-refractivity contribution in [2.75, 3.05) is 19.8 Å². The molecule has 0 spiro atoms. The van der Waals surface area contributed by atoms with Crippen LogP contribution >= 0.6 is 0 Å². The van der Waals surface area contributed by atoms with E-state index < -0.39 is 0 Å². The van der Waals surface area contributed by atoms with Gasteiger partial charge in [0.2, 0.25) is 5.91 Å². The van der Waals surface area contributed by atoms with Crippen molar-refractivity contribution in [1.29, 1.82) is 0 Å². The van der Waals surface area contributed by atoms with Crippen molar-refractivity contribution in [3.05, 3.63) is 11.9 Å². The molecule has 1 fully saturated rings. The highest BCUT2D eigenvalue weighted by Gasteiger charge is 2.16. The Morgan fingerprint density at radius 3 is 3.05 bits per heavy atom. The monoisotopic (exact) mass is 267 g/mol. The molecule has 0 aromatic carbocycles. The highest BCUT2D eigenvalue weighted by atomic mass is 16.5. The van der Waals surface area contributed by atoms with E-state index in [4.69, 9.17) is 4.74 Å². The van der Waals surface area contributed by atoms with Crippen LogP contribution in [0.2, 0.25) is 0 Å². The largest absolute Gasteiger partial charge is 0.381 e. The molecule has 2 heterocycles. The van der Waals surface area contributed by atoms with Gasteiger partial charge < -0.3 is 15.4 Å². The third-order valence-corrected chi connectivity index (χ3v) is 3.03. The van der Waals surface area contributed by atoms with Gasteiger partial charge in [0.25, 0.3) is 0 Å². The quantitative estimate of drug-likeness (QED) is 0.738. The fraction of sp³-hybridized carbons (Fsp3) is 0.750. The Hall–Kier alpha value is -1.47. The summed E-state index contributed by atoms with van der Waals surface area (Å²) in [7, 11) is 0. The molecule has 19 heavy (non-hydrogen) atoms. The van der Waals surface area contributed by atoms with Crippen molar-refractivity contribution in [3.8, 4) is 0 Å². The zero-order valence-corrected chi connectivity index (χ0v) is 11.3. The lowest BCUT2D eigenvalue weighted by Crippen LogP contribution is -2.40. The fourth-order valence-electron chi connectivity index (χ4n) is 2.01. The van der Waals surface area contributed by atoms with Crippen molar-refractivity contribution in [1.82, 2.24) is 25.6 Å². The molecule has 1 aromatic heterocycles. The molecule has 106 valence electrons. The van der Waals surface area contributed by atoms with Gasteiger partial charge in [-0.25, -0.2) is 4.68 Å². The zero-order valence-electron chi connectivity index (χ0n) is 11.3. The molecular formula is C12H21N5O2. The van der Waals surface area contributed by atoms with E-state index >= 15 is 0 Å². The minimum Gasteiger partial charge on any atom is -0.381 e. The predicted molar refractivity (Wildman–Crippen MR) is 69.4 cm³/mol. The number of nitrogens with one attached hydrogen (secondary N) is 2. The van der Waals surface area contributed by atoms with Gasteiger partial charge in [-0.05, 0) is 19.4 Å². The number of carbonyl (C=O) groups excluding carboxylic acids is 1. The van der Waals surface area contributed by atoms with Crippen LogP contribution in [0.1, 0.15) is 25.5 Å².